The van der Waals surface area contributed by atoms with E-state index < -0.39 is 6.10 Å². The highest BCUT2D eigenvalue weighted by Crippen LogP contribution is 2.24. The molecule has 0 heterocycles. The first-order valence-corrected chi connectivity index (χ1v) is 8.77. The highest BCUT2D eigenvalue weighted by molar-refractivity contribution is 4.72. The monoisotopic (exact) mass is 301 g/mol. The Balaban J connectivity index is 3.68. The van der Waals surface area contributed by atoms with E-state index in [1.165, 1.54) is 19.3 Å². The van der Waals surface area contributed by atoms with Gasteiger partial charge in [-0.2, -0.15) is 0 Å². The Morgan fingerprint density at radius 1 is 1.10 bits per heavy atom. The molecule has 2 N–H and O–H groups in total. The van der Waals surface area contributed by atoms with Crippen molar-refractivity contribution < 1.29 is 9.84 Å². The summed E-state index contributed by atoms with van der Waals surface area (Å²) in [7, 11) is 0. The lowest BCUT2D eigenvalue weighted by Gasteiger charge is -2.27. The normalized spacial score (nSPS) is 16.7. The summed E-state index contributed by atoms with van der Waals surface area (Å²) >= 11 is 0. The lowest BCUT2D eigenvalue weighted by atomic mass is 9.82. The molecule has 0 saturated carbocycles. The zero-order valence-corrected chi connectivity index (χ0v) is 15.2. The van der Waals surface area contributed by atoms with E-state index in [0.29, 0.717) is 30.4 Å². The molecular weight excluding hydrogens is 262 g/mol. The zero-order valence-electron chi connectivity index (χ0n) is 15.2. The first kappa shape index (κ1) is 20.9. The van der Waals surface area contributed by atoms with E-state index in [1.54, 1.807) is 0 Å². The zero-order chi connectivity index (χ0) is 16.3. The second kappa shape index (κ2) is 11.4. The largest absolute Gasteiger partial charge is 0.389 e. The van der Waals surface area contributed by atoms with Crippen molar-refractivity contribution in [1.29, 1.82) is 0 Å². The van der Waals surface area contributed by atoms with Crippen molar-refractivity contribution in [3.05, 3.63) is 0 Å². The van der Waals surface area contributed by atoms with Crippen LogP contribution in [0.2, 0.25) is 0 Å². The van der Waals surface area contributed by atoms with Crippen LogP contribution in [0, 0.1) is 17.3 Å². The lowest BCUT2D eigenvalue weighted by molar-refractivity contribution is 0.0186. The van der Waals surface area contributed by atoms with Gasteiger partial charge in [0.1, 0.15) is 0 Å². The van der Waals surface area contributed by atoms with Gasteiger partial charge in [0.15, 0.2) is 0 Å². The highest BCUT2D eigenvalue weighted by atomic mass is 16.5. The van der Waals surface area contributed by atoms with E-state index in [9.17, 15) is 5.11 Å². The van der Waals surface area contributed by atoms with Gasteiger partial charge in [-0.05, 0) is 30.2 Å². The molecule has 0 fully saturated rings. The number of hydrogen-bond donors (Lipinski definition) is 2. The number of hydrogen-bond acceptors (Lipinski definition) is 3. The molecule has 0 bridgehead atoms. The molecule has 0 aliphatic carbocycles. The number of rotatable bonds is 12. The molecule has 3 unspecified atom stereocenters. The summed E-state index contributed by atoms with van der Waals surface area (Å²) in [5.41, 5.74) is 0.308. The third kappa shape index (κ3) is 11.1. The van der Waals surface area contributed by atoms with Gasteiger partial charge in [0.2, 0.25) is 0 Å². The fourth-order valence-electron chi connectivity index (χ4n) is 2.10. The lowest BCUT2D eigenvalue weighted by Crippen LogP contribution is -2.36. The molecule has 0 aromatic carbocycles. The van der Waals surface area contributed by atoms with Crippen molar-refractivity contribution in [1.82, 2.24) is 5.32 Å². The first-order chi connectivity index (χ1) is 9.81. The van der Waals surface area contributed by atoms with Gasteiger partial charge in [-0.15, -0.1) is 0 Å². The van der Waals surface area contributed by atoms with E-state index in [0.717, 1.165) is 19.6 Å². The summed E-state index contributed by atoms with van der Waals surface area (Å²) in [6.45, 7) is 16.2. The van der Waals surface area contributed by atoms with Crippen LogP contribution in [0.15, 0.2) is 0 Å². The molecule has 0 aromatic rings. The average molecular weight is 302 g/mol. The highest BCUT2D eigenvalue weighted by Gasteiger charge is 2.19. The molecule has 0 rings (SSSR count). The Kier molecular flexibility index (Phi) is 11.4. The molecule has 21 heavy (non-hydrogen) atoms. The molecular formula is C18H39NO2. The number of aliphatic hydroxyl groups excluding tert-OH is 1. The number of aliphatic hydroxyl groups is 1. The standard InChI is InChI=1S/C18H39NO2/c1-7-9-10-16(8-2)13-21-14-17(20)12-19-11-15(3)18(4,5)6/h15-17,19-20H,7-14H2,1-6H3. The minimum Gasteiger partial charge on any atom is -0.389 e. The van der Waals surface area contributed by atoms with Crippen LogP contribution in [0.1, 0.15) is 67.2 Å². The smallest absolute Gasteiger partial charge is 0.0897 e. The molecule has 3 nitrogen and oxygen atoms in total. The van der Waals surface area contributed by atoms with Gasteiger partial charge in [0.25, 0.3) is 0 Å². The Bertz CT molecular complexity index is 238. The number of ether oxygens (including phenoxy) is 1. The molecule has 0 saturated heterocycles. The van der Waals surface area contributed by atoms with Gasteiger partial charge in [-0.3, -0.25) is 0 Å². The van der Waals surface area contributed by atoms with Crippen LogP contribution in [0.5, 0.6) is 0 Å². The van der Waals surface area contributed by atoms with Crippen molar-refractivity contribution in [2.75, 3.05) is 26.3 Å². The summed E-state index contributed by atoms with van der Waals surface area (Å²) in [4.78, 5) is 0. The van der Waals surface area contributed by atoms with Crippen molar-refractivity contribution in [3.63, 3.8) is 0 Å². The van der Waals surface area contributed by atoms with Gasteiger partial charge in [-0.25, -0.2) is 0 Å². The molecule has 3 heteroatoms. The maximum atomic E-state index is 9.94. The van der Waals surface area contributed by atoms with Crippen LogP contribution in [0.3, 0.4) is 0 Å². The predicted molar refractivity (Wildman–Crippen MR) is 91.6 cm³/mol. The maximum absolute atomic E-state index is 9.94. The first-order valence-electron chi connectivity index (χ1n) is 8.77. The fraction of sp³-hybridized carbons (Fsp3) is 1.00. The second-order valence-corrected chi connectivity index (χ2v) is 7.53. The van der Waals surface area contributed by atoms with Crippen molar-refractivity contribution in [2.45, 2.75) is 73.3 Å². The van der Waals surface area contributed by atoms with Gasteiger partial charge in [0, 0.05) is 13.2 Å². The third-order valence-corrected chi connectivity index (χ3v) is 4.52. The molecule has 0 aromatic heterocycles. The van der Waals surface area contributed by atoms with Crippen LogP contribution < -0.4 is 5.32 Å². The molecule has 128 valence electrons. The summed E-state index contributed by atoms with van der Waals surface area (Å²) in [6, 6.07) is 0. The Hall–Kier alpha value is -0.120. The van der Waals surface area contributed by atoms with Gasteiger partial charge < -0.3 is 15.2 Å². The van der Waals surface area contributed by atoms with Crippen molar-refractivity contribution in [2.24, 2.45) is 17.3 Å². The Morgan fingerprint density at radius 2 is 1.76 bits per heavy atom. The third-order valence-electron chi connectivity index (χ3n) is 4.52. The van der Waals surface area contributed by atoms with E-state index >= 15 is 0 Å². The molecule has 0 aliphatic heterocycles. The van der Waals surface area contributed by atoms with Crippen LogP contribution in [-0.2, 0) is 4.74 Å². The van der Waals surface area contributed by atoms with Crippen LogP contribution in [0.4, 0.5) is 0 Å². The molecule has 0 spiro atoms. The SMILES string of the molecule is CCCCC(CC)COCC(O)CNCC(C)C(C)(C)C. The van der Waals surface area contributed by atoms with Gasteiger partial charge in [-0.1, -0.05) is 60.8 Å². The fourth-order valence-corrected chi connectivity index (χ4v) is 2.10. The summed E-state index contributed by atoms with van der Waals surface area (Å²) < 4.78 is 5.68. The second-order valence-electron chi connectivity index (χ2n) is 7.53. The summed E-state index contributed by atoms with van der Waals surface area (Å²) in [5.74, 6) is 1.23. The predicted octanol–water partition coefficient (Wildman–Crippen LogP) is 3.85. The summed E-state index contributed by atoms with van der Waals surface area (Å²) in [6.07, 6.45) is 4.52. The quantitative estimate of drug-likeness (QED) is 0.575. The molecule has 0 radical (unpaired) electrons. The van der Waals surface area contributed by atoms with E-state index in [4.69, 9.17) is 4.74 Å². The minimum absolute atomic E-state index is 0.308. The number of nitrogens with one attached hydrogen (secondary N) is 1. The Morgan fingerprint density at radius 3 is 2.29 bits per heavy atom. The maximum Gasteiger partial charge on any atom is 0.0897 e. The van der Waals surface area contributed by atoms with E-state index in [2.05, 4.69) is 46.9 Å². The van der Waals surface area contributed by atoms with Crippen LogP contribution >= 0.6 is 0 Å². The van der Waals surface area contributed by atoms with Gasteiger partial charge in [0.05, 0.1) is 12.7 Å². The number of unbranched alkanes of at least 4 members (excludes halogenated alkanes) is 1. The Labute approximate surface area is 132 Å². The summed E-state index contributed by atoms with van der Waals surface area (Å²) in [5, 5.41) is 13.3. The van der Waals surface area contributed by atoms with E-state index in [-0.39, 0.29) is 0 Å². The van der Waals surface area contributed by atoms with Crippen LogP contribution in [-0.4, -0.2) is 37.5 Å². The topological polar surface area (TPSA) is 41.5 Å². The van der Waals surface area contributed by atoms with Crippen LogP contribution in [0.25, 0.3) is 0 Å². The van der Waals surface area contributed by atoms with E-state index in [1.807, 2.05) is 0 Å². The minimum atomic E-state index is -0.402. The molecule has 3 atom stereocenters. The van der Waals surface area contributed by atoms with Crippen molar-refractivity contribution >= 4 is 0 Å². The molecule has 0 amide bonds. The van der Waals surface area contributed by atoms with Crippen molar-refractivity contribution in [3.8, 4) is 0 Å². The average Bonchev–Trinajstić information content (AvgIpc) is 2.41. The van der Waals surface area contributed by atoms with Gasteiger partial charge >= 0.3 is 0 Å². The molecule has 0 aliphatic rings.